The molecule has 2 unspecified atom stereocenters. The number of carbonyl (C=O) groups excluding carboxylic acids is 2. The molecule has 0 bridgehead atoms. The number of carboxylic acids is 1. The first kappa shape index (κ1) is 47.5. The Morgan fingerprint density at radius 1 is 0.608 bits per heavy atom. The maximum Gasteiger partial charge on any atom is 0.362 e. The number of aliphatic carboxylic acids is 1. The Labute approximate surface area is 310 Å². The zero-order valence-electron chi connectivity index (χ0n) is 32.5. The topological polar surface area (TPSA) is 99.1 Å². The van der Waals surface area contributed by atoms with E-state index in [0.717, 1.165) is 83.5 Å². The normalized spacial score (nSPS) is 14.0. The van der Waals surface area contributed by atoms with Gasteiger partial charge in [0.1, 0.15) is 6.61 Å². The summed E-state index contributed by atoms with van der Waals surface area (Å²) < 4.78 is 17.1. The summed E-state index contributed by atoms with van der Waals surface area (Å²) in [4.78, 5) is 36.8. The third kappa shape index (κ3) is 32.2. The lowest BCUT2D eigenvalue weighted by atomic mass is 10.1. The molecule has 0 saturated heterocycles. The SMILES string of the molecule is CC/C=C/C=C/C=C/C=C/C=C/CCCCCC(=O)OCC(COCCC(C(=O)O)[N+](C)(C)C)OC(=O)CCCCCCC/C=C/C/C=C/CC. The van der Waals surface area contributed by atoms with Gasteiger partial charge in [0, 0.05) is 19.3 Å². The van der Waals surface area contributed by atoms with E-state index >= 15 is 0 Å². The fourth-order valence-corrected chi connectivity index (χ4v) is 4.97. The lowest BCUT2D eigenvalue weighted by molar-refractivity contribution is -0.887. The number of quaternary nitrogens is 1. The summed E-state index contributed by atoms with van der Waals surface area (Å²) in [6, 6.07) is -0.627. The maximum atomic E-state index is 12.6. The number of carbonyl (C=O) groups is 3. The highest BCUT2D eigenvalue weighted by molar-refractivity contribution is 5.72. The molecule has 0 aromatic heterocycles. The van der Waals surface area contributed by atoms with Crippen molar-refractivity contribution in [1.29, 1.82) is 0 Å². The van der Waals surface area contributed by atoms with E-state index in [4.69, 9.17) is 14.2 Å². The monoisotopic (exact) mass is 713 g/mol. The van der Waals surface area contributed by atoms with Gasteiger partial charge in [-0.05, 0) is 57.8 Å². The van der Waals surface area contributed by atoms with Crippen molar-refractivity contribution in [2.24, 2.45) is 0 Å². The van der Waals surface area contributed by atoms with E-state index in [9.17, 15) is 19.5 Å². The third-order valence-corrected chi connectivity index (χ3v) is 7.92. The van der Waals surface area contributed by atoms with Crippen LogP contribution in [0.4, 0.5) is 0 Å². The molecule has 51 heavy (non-hydrogen) atoms. The van der Waals surface area contributed by atoms with E-state index in [1.807, 2.05) is 69.8 Å². The molecule has 0 aromatic rings. The highest BCUT2D eigenvalue weighted by Gasteiger charge is 2.31. The molecule has 2 atom stereocenters. The second kappa shape index (κ2) is 33.6. The van der Waals surface area contributed by atoms with Crippen LogP contribution in [0.2, 0.25) is 0 Å². The van der Waals surface area contributed by atoms with Crippen molar-refractivity contribution in [2.75, 3.05) is 41.0 Å². The fraction of sp³-hybridized carbons (Fsp3) is 0.605. The molecule has 0 aromatic carbocycles. The number of carboxylic acid groups (broad SMARTS) is 1. The summed E-state index contributed by atoms with van der Waals surface area (Å²) in [6.07, 6.45) is 42.0. The highest BCUT2D eigenvalue weighted by atomic mass is 16.6. The molecule has 0 heterocycles. The van der Waals surface area contributed by atoms with Gasteiger partial charge in [-0.15, -0.1) is 0 Å². The van der Waals surface area contributed by atoms with Gasteiger partial charge in [-0.25, -0.2) is 4.79 Å². The minimum Gasteiger partial charge on any atom is -0.477 e. The molecule has 8 heteroatoms. The van der Waals surface area contributed by atoms with Gasteiger partial charge in [0.05, 0.1) is 34.4 Å². The van der Waals surface area contributed by atoms with Crippen molar-refractivity contribution < 1.29 is 38.2 Å². The lowest BCUT2D eigenvalue weighted by Crippen LogP contribution is -2.50. The number of allylic oxidation sites excluding steroid dienone is 14. The Morgan fingerprint density at radius 3 is 1.76 bits per heavy atom. The average Bonchev–Trinajstić information content (AvgIpc) is 3.08. The summed E-state index contributed by atoms with van der Waals surface area (Å²) in [5.41, 5.74) is 0. The van der Waals surface area contributed by atoms with Crippen molar-refractivity contribution in [1.82, 2.24) is 0 Å². The van der Waals surface area contributed by atoms with Crippen LogP contribution < -0.4 is 0 Å². The largest absolute Gasteiger partial charge is 0.477 e. The van der Waals surface area contributed by atoms with Gasteiger partial charge in [0.2, 0.25) is 0 Å². The van der Waals surface area contributed by atoms with Crippen LogP contribution in [0.15, 0.2) is 85.1 Å². The standard InChI is InChI=1S/C43H69NO7/c1-6-8-10-12-14-16-18-20-21-22-24-25-27-29-31-33-41(45)50-38-39(37-49-36-35-40(43(47)48)44(3,4)5)51-42(46)34-32-30-28-26-23-19-17-15-13-11-9-7-2/h8-12,14-18,20-22,24,39-40H,6-7,13,19,23,25-38H2,1-5H3/p+1/b10-8+,11-9+,14-12+,17-15+,18-16+,21-20+,24-22+. The van der Waals surface area contributed by atoms with Crippen molar-refractivity contribution in [3.63, 3.8) is 0 Å². The number of ether oxygens (including phenoxy) is 3. The molecule has 0 fully saturated rings. The van der Waals surface area contributed by atoms with Crippen LogP contribution in [-0.2, 0) is 28.6 Å². The molecule has 288 valence electrons. The Bertz CT molecular complexity index is 1110. The second-order valence-electron chi connectivity index (χ2n) is 13.5. The number of rotatable bonds is 32. The lowest BCUT2D eigenvalue weighted by Gasteiger charge is -2.31. The van der Waals surface area contributed by atoms with E-state index in [0.29, 0.717) is 19.3 Å². The first-order chi connectivity index (χ1) is 24.6. The molecule has 0 saturated carbocycles. The van der Waals surface area contributed by atoms with E-state index in [1.165, 1.54) is 0 Å². The summed E-state index contributed by atoms with van der Waals surface area (Å²) in [7, 11) is 5.48. The first-order valence-electron chi connectivity index (χ1n) is 19.2. The predicted octanol–water partition coefficient (Wildman–Crippen LogP) is 9.79. The average molecular weight is 713 g/mol. The van der Waals surface area contributed by atoms with E-state index in [1.54, 1.807) is 0 Å². The maximum absolute atomic E-state index is 12.6. The van der Waals surface area contributed by atoms with Gasteiger partial charge in [-0.2, -0.15) is 0 Å². The van der Waals surface area contributed by atoms with Crippen LogP contribution in [0.5, 0.6) is 0 Å². The van der Waals surface area contributed by atoms with Crippen LogP contribution in [0, 0.1) is 0 Å². The van der Waals surface area contributed by atoms with Gasteiger partial charge in [0.25, 0.3) is 0 Å². The molecule has 0 amide bonds. The molecule has 0 radical (unpaired) electrons. The molecule has 8 nitrogen and oxygen atoms in total. The Kier molecular flexibility index (Phi) is 31.3. The Balaban J connectivity index is 4.54. The van der Waals surface area contributed by atoms with Crippen molar-refractivity contribution in [3.05, 3.63) is 85.1 Å². The minimum absolute atomic E-state index is 0.0355. The zero-order chi connectivity index (χ0) is 37.8. The number of unbranched alkanes of at least 4 members (excludes halogenated alkanes) is 8. The molecule has 0 aliphatic carbocycles. The first-order valence-corrected chi connectivity index (χ1v) is 19.2. The summed E-state index contributed by atoms with van der Waals surface area (Å²) in [5, 5.41) is 9.58. The Morgan fingerprint density at radius 2 is 1.14 bits per heavy atom. The number of hydrogen-bond donors (Lipinski definition) is 1. The predicted molar refractivity (Wildman–Crippen MR) is 210 cm³/mol. The van der Waals surface area contributed by atoms with E-state index in [2.05, 4.69) is 50.3 Å². The highest BCUT2D eigenvalue weighted by Crippen LogP contribution is 2.12. The summed E-state index contributed by atoms with van der Waals surface area (Å²) >= 11 is 0. The molecule has 0 aliphatic rings. The van der Waals surface area contributed by atoms with Crippen molar-refractivity contribution in [3.8, 4) is 0 Å². The van der Waals surface area contributed by atoms with Gasteiger partial charge < -0.3 is 23.8 Å². The van der Waals surface area contributed by atoms with Crippen LogP contribution in [0.25, 0.3) is 0 Å². The molecule has 0 rings (SSSR count). The van der Waals surface area contributed by atoms with Crippen LogP contribution >= 0.6 is 0 Å². The minimum atomic E-state index is -0.889. The van der Waals surface area contributed by atoms with Gasteiger partial charge in [-0.1, -0.05) is 125 Å². The quantitative estimate of drug-likeness (QED) is 0.0244. The molecular formula is C43H70NO7+. The van der Waals surface area contributed by atoms with Crippen LogP contribution in [0.3, 0.4) is 0 Å². The van der Waals surface area contributed by atoms with Crippen molar-refractivity contribution in [2.45, 2.75) is 129 Å². The van der Waals surface area contributed by atoms with E-state index in [-0.39, 0.29) is 36.2 Å². The zero-order valence-corrected chi connectivity index (χ0v) is 32.5. The van der Waals surface area contributed by atoms with Gasteiger partial charge in [-0.3, -0.25) is 9.59 Å². The third-order valence-electron chi connectivity index (χ3n) is 7.92. The van der Waals surface area contributed by atoms with Crippen LogP contribution in [-0.4, -0.2) is 80.6 Å². The number of likely N-dealkylation sites (N-methyl/N-ethyl adjacent to an activating group) is 1. The molecule has 0 spiro atoms. The summed E-state index contributed by atoms with van der Waals surface area (Å²) in [6.45, 7) is 4.38. The number of hydrogen-bond acceptors (Lipinski definition) is 6. The fourth-order valence-electron chi connectivity index (χ4n) is 4.97. The molecular weight excluding hydrogens is 642 g/mol. The molecule has 1 N–H and O–H groups in total. The van der Waals surface area contributed by atoms with Gasteiger partial charge >= 0.3 is 17.9 Å². The second-order valence-corrected chi connectivity index (χ2v) is 13.5. The van der Waals surface area contributed by atoms with Gasteiger partial charge in [0.15, 0.2) is 12.1 Å². The molecule has 0 aliphatic heterocycles. The summed E-state index contributed by atoms with van der Waals surface area (Å²) in [5.74, 6) is -1.56. The number of nitrogens with zero attached hydrogens (tertiary/aromatic N) is 1. The van der Waals surface area contributed by atoms with E-state index < -0.39 is 18.1 Å². The Hall–Kier alpha value is -3.49. The number of esters is 2. The van der Waals surface area contributed by atoms with Crippen molar-refractivity contribution >= 4 is 17.9 Å². The smallest absolute Gasteiger partial charge is 0.362 e. The van der Waals surface area contributed by atoms with Crippen LogP contribution in [0.1, 0.15) is 117 Å².